The summed E-state index contributed by atoms with van der Waals surface area (Å²) in [5.41, 5.74) is 10.3. The van der Waals surface area contributed by atoms with Gasteiger partial charge in [-0.15, -0.1) is 0 Å². The van der Waals surface area contributed by atoms with Crippen LogP contribution in [-0.4, -0.2) is 29.3 Å². The fourth-order valence-electron chi connectivity index (χ4n) is 3.08. The largest absolute Gasteiger partial charge is 0.486 e. The number of hydrogen-bond donors (Lipinski definition) is 1. The maximum atomic E-state index is 5.78. The van der Waals surface area contributed by atoms with Crippen molar-refractivity contribution in [2.45, 2.75) is 19.9 Å². The Balaban J connectivity index is 1.81. The molecule has 2 heterocycles. The van der Waals surface area contributed by atoms with E-state index >= 15 is 0 Å². The van der Waals surface area contributed by atoms with Crippen LogP contribution < -0.4 is 15.2 Å². The average Bonchev–Trinajstić information content (AvgIpc) is 2.92. The van der Waals surface area contributed by atoms with E-state index in [2.05, 4.69) is 35.8 Å². The van der Waals surface area contributed by atoms with Crippen LogP contribution in [0.25, 0.3) is 11.0 Å². The number of aromatic nitrogens is 2. The third-order valence-electron chi connectivity index (χ3n) is 4.32. The van der Waals surface area contributed by atoms with Gasteiger partial charge >= 0.3 is 0 Å². The highest BCUT2D eigenvalue weighted by Gasteiger charge is 2.18. The monoisotopic (exact) mass is 323 g/mol. The highest BCUT2D eigenvalue weighted by molar-refractivity contribution is 5.81. The molecular formula is C19H21N3O2. The summed E-state index contributed by atoms with van der Waals surface area (Å²) in [6.45, 7) is 4.61. The predicted molar refractivity (Wildman–Crippen MR) is 93.8 cm³/mol. The van der Waals surface area contributed by atoms with Crippen LogP contribution >= 0.6 is 0 Å². The van der Waals surface area contributed by atoms with Gasteiger partial charge in [0, 0.05) is 25.1 Å². The molecule has 2 aromatic carbocycles. The highest BCUT2D eigenvalue weighted by Crippen LogP contribution is 2.35. The normalized spacial score (nSPS) is 13.4. The Bertz CT molecular complexity index is 868. The number of nitrogens with two attached hydrogens (primary N) is 1. The molecule has 24 heavy (non-hydrogen) atoms. The van der Waals surface area contributed by atoms with Crippen LogP contribution in [0.2, 0.25) is 0 Å². The Kier molecular flexibility index (Phi) is 3.86. The van der Waals surface area contributed by atoms with Gasteiger partial charge in [0.1, 0.15) is 19.0 Å². The topological polar surface area (TPSA) is 62.3 Å². The zero-order valence-corrected chi connectivity index (χ0v) is 13.8. The van der Waals surface area contributed by atoms with E-state index in [4.69, 9.17) is 20.2 Å². The maximum Gasteiger partial charge on any atom is 0.163 e. The molecule has 0 bridgehead atoms. The van der Waals surface area contributed by atoms with Gasteiger partial charge in [-0.3, -0.25) is 0 Å². The Morgan fingerprint density at radius 3 is 2.50 bits per heavy atom. The van der Waals surface area contributed by atoms with Gasteiger partial charge in [0.2, 0.25) is 0 Å². The van der Waals surface area contributed by atoms with Crippen molar-refractivity contribution in [2.24, 2.45) is 5.73 Å². The first-order valence-electron chi connectivity index (χ1n) is 8.29. The van der Waals surface area contributed by atoms with Crippen LogP contribution in [0.1, 0.15) is 17.0 Å². The number of ether oxygens (including phenoxy) is 2. The molecule has 5 nitrogen and oxygen atoms in total. The van der Waals surface area contributed by atoms with Crippen molar-refractivity contribution in [3.63, 3.8) is 0 Å². The van der Waals surface area contributed by atoms with E-state index in [1.54, 1.807) is 0 Å². The third kappa shape index (κ3) is 2.71. The highest BCUT2D eigenvalue weighted by atomic mass is 16.6. The smallest absolute Gasteiger partial charge is 0.163 e. The van der Waals surface area contributed by atoms with Crippen molar-refractivity contribution in [2.75, 3.05) is 19.8 Å². The first-order chi connectivity index (χ1) is 11.7. The third-order valence-corrected chi connectivity index (χ3v) is 4.32. The Labute approximate surface area is 141 Å². The molecule has 3 aromatic rings. The molecule has 5 heteroatoms. The molecule has 0 fully saturated rings. The summed E-state index contributed by atoms with van der Waals surface area (Å²) in [7, 11) is 0. The maximum absolute atomic E-state index is 5.78. The number of nitrogens with zero attached hydrogens (tertiary/aromatic N) is 2. The van der Waals surface area contributed by atoms with Crippen molar-refractivity contribution < 1.29 is 9.47 Å². The standard InChI is InChI=1S/C19H21N3O2/c1-13-2-4-14(5-3-13)12-22-16-11-18-17(23-8-9-24-18)10-15(16)21-19(22)6-7-20/h2-5,10-11H,6-9,12,20H2,1H3. The summed E-state index contributed by atoms with van der Waals surface area (Å²) in [6.07, 6.45) is 0.743. The van der Waals surface area contributed by atoms with Gasteiger partial charge < -0.3 is 19.8 Å². The molecule has 0 atom stereocenters. The van der Waals surface area contributed by atoms with Gasteiger partial charge in [-0.05, 0) is 19.0 Å². The molecule has 1 aliphatic heterocycles. The van der Waals surface area contributed by atoms with Crippen molar-refractivity contribution in [1.29, 1.82) is 0 Å². The van der Waals surface area contributed by atoms with Gasteiger partial charge in [0.25, 0.3) is 0 Å². The molecule has 1 aliphatic rings. The molecule has 0 spiro atoms. The van der Waals surface area contributed by atoms with E-state index in [1.807, 2.05) is 12.1 Å². The first-order valence-corrected chi connectivity index (χ1v) is 8.29. The molecule has 4 rings (SSSR count). The van der Waals surface area contributed by atoms with Crippen molar-refractivity contribution >= 4 is 11.0 Å². The van der Waals surface area contributed by atoms with Crippen LogP contribution in [0.5, 0.6) is 11.5 Å². The van der Waals surface area contributed by atoms with E-state index in [-0.39, 0.29) is 0 Å². The summed E-state index contributed by atoms with van der Waals surface area (Å²) in [6, 6.07) is 12.6. The van der Waals surface area contributed by atoms with Crippen molar-refractivity contribution in [3.8, 4) is 11.5 Å². The Morgan fingerprint density at radius 1 is 1.08 bits per heavy atom. The Morgan fingerprint density at radius 2 is 1.79 bits per heavy atom. The molecule has 0 radical (unpaired) electrons. The van der Waals surface area contributed by atoms with Crippen molar-refractivity contribution in [3.05, 3.63) is 53.3 Å². The molecule has 0 aliphatic carbocycles. The summed E-state index contributed by atoms with van der Waals surface area (Å²) in [5.74, 6) is 2.56. The van der Waals surface area contributed by atoms with E-state index in [0.29, 0.717) is 19.8 Å². The van der Waals surface area contributed by atoms with Gasteiger partial charge in [-0.25, -0.2) is 4.98 Å². The van der Waals surface area contributed by atoms with Crippen LogP contribution in [0.3, 0.4) is 0 Å². The fraction of sp³-hybridized carbons (Fsp3) is 0.316. The molecular weight excluding hydrogens is 302 g/mol. The SMILES string of the molecule is Cc1ccc(Cn2c(CCN)nc3cc4c(cc32)OCCO4)cc1. The number of imidazole rings is 1. The minimum absolute atomic E-state index is 0.573. The first kappa shape index (κ1) is 15.0. The zero-order valence-electron chi connectivity index (χ0n) is 13.8. The molecule has 124 valence electrons. The van der Waals surface area contributed by atoms with Gasteiger partial charge in [0.15, 0.2) is 11.5 Å². The average molecular weight is 323 g/mol. The lowest BCUT2D eigenvalue weighted by atomic mass is 10.1. The van der Waals surface area contributed by atoms with E-state index in [9.17, 15) is 0 Å². The summed E-state index contributed by atoms with van der Waals surface area (Å²) in [5, 5.41) is 0. The molecule has 2 N–H and O–H groups in total. The van der Waals surface area contributed by atoms with Gasteiger partial charge in [-0.1, -0.05) is 29.8 Å². The van der Waals surface area contributed by atoms with Crippen LogP contribution in [-0.2, 0) is 13.0 Å². The van der Waals surface area contributed by atoms with Gasteiger partial charge in [-0.2, -0.15) is 0 Å². The van der Waals surface area contributed by atoms with Crippen LogP contribution in [0.15, 0.2) is 36.4 Å². The summed E-state index contributed by atoms with van der Waals surface area (Å²) >= 11 is 0. The minimum Gasteiger partial charge on any atom is -0.486 e. The zero-order chi connectivity index (χ0) is 16.5. The van der Waals surface area contributed by atoms with E-state index < -0.39 is 0 Å². The lowest BCUT2D eigenvalue weighted by molar-refractivity contribution is 0.172. The number of fused-ring (bicyclic) bond motifs is 2. The van der Waals surface area contributed by atoms with E-state index in [1.165, 1.54) is 11.1 Å². The number of rotatable bonds is 4. The number of aryl methyl sites for hydroxylation is 1. The summed E-state index contributed by atoms with van der Waals surface area (Å²) < 4.78 is 13.6. The summed E-state index contributed by atoms with van der Waals surface area (Å²) in [4.78, 5) is 4.77. The van der Waals surface area contributed by atoms with E-state index in [0.717, 1.165) is 41.3 Å². The van der Waals surface area contributed by atoms with Gasteiger partial charge in [0.05, 0.1) is 11.0 Å². The molecule has 0 amide bonds. The molecule has 0 unspecified atom stereocenters. The number of hydrogen-bond acceptors (Lipinski definition) is 4. The predicted octanol–water partition coefficient (Wildman–Crippen LogP) is 2.67. The second-order valence-electron chi connectivity index (χ2n) is 6.12. The molecule has 1 aromatic heterocycles. The molecule has 0 saturated carbocycles. The second-order valence-corrected chi connectivity index (χ2v) is 6.12. The fourth-order valence-corrected chi connectivity index (χ4v) is 3.08. The lowest BCUT2D eigenvalue weighted by Crippen LogP contribution is -2.15. The van der Waals surface area contributed by atoms with Crippen LogP contribution in [0, 0.1) is 6.92 Å². The lowest BCUT2D eigenvalue weighted by Gasteiger charge is -2.18. The Hall–Kier alpha value is -2.53. The molecule has 0 saturated heterocycles. The van der Waals surface area contributed by atoms with Crippen LogP contribution in [0.4, 0.5) is 0 Å². The second kappa shape index (κ2) is 6.17. The minimum atomic E-state index is 0.573. The van der Waals surface area contributed by atoms with Crippen molar-refractivity contribution in [1.82, 2.24) is 9.55 Å². The number of benzene rings is 2. The quantitative estimate of drug-likeness (QED) is 0.802.